The fourth-order valence-electron chi connectivity index (χ4n) is 2.36. The van der Waals surface area contributed by atoms with Gasteiger partial charge >= 0.3 is 0 Å². The van der Waals surface area contributed by atoms with Gasteiger partial charge in [0.25, 0.3) is 5.56 Å². The summed E-state index contributed by atoms with van der Waals surface area (Å²) in [6, 6.07) is 12.2. The number of nitrogens with zero attached hydrogens (tertiary/aromatic N) is 2. The lowest BCUT2D eigenvalue weighted by Gasteiger charge is -2.09. The van der Waals surface area contributed by atoms with Crippen molar-refractivity contribution in [1.29, 1.82) is 0 Å². The number of rotatable bonds is 6. The van der Waals surface area contributed by atoms with E-state index in [0.29, 0.717) is 17.2 Å². The lowest BCUT2D eigenvalue weighted by Crippen LogP contribution is -2.31. The van der Waals surface area contributed by atoms with Crippen LogP contribution in [0.1, 0.15) is 5.76 Å². The first-order chi connectivity index (χ1) is 12.2. The number of ether oxygens (including phenoxy) is 1. The van der Waals surface area contributed by atoms with Crippen LogP contribution in [0.25, 0.3) is 11.3 Å². The molecule has 0 saturated carbocycles. The average Bonchev–Trinajstić information content (AvgIpc) is 3.15. The lowest BCUT2D eigenvalue weighted by molar-refractivity contribution is -0.122. The van der Waals surface area contributed by atoms with E-state index in [-0.39, 0.29) is 24.6 Å². The minimum Gasteiger partial charge on any atom is -0.496 e. The van der Waals surface area contributed by atoms with Gasteiger partial charge in [0, 0.05) is 11.6 Å². The Hall–Kier alpha value is -3.35. The zero-order chi connectivity index (χ0) is 17.6. The summed E-state index contributed by atoms with van der Waals surface area (Å²) in [4.78, 5) is 28.5. The van der Waals surface area contributed by atoms with Gasteiger partial charge in [-0.3, -0.25) is 14.2 Å². The van der Waals surface area contributed by atoms with Crippen molar-refractivity contribution in [2.75, 3.05) is 7.11 Å². The average molecular weight is 339 g/mol. The molecule has 0 spiro atoms. The van der Waals surface area contributed by atoms with Crippen molar-refractivity contribution in [2.24, 2.45) is 0 Å². The number of aromatic nitrogens is 2. The van der Waals surface area contributed by atoms with Crippen LogP contribution in [0.15, 0.2) is 64.3 Å². The van der Waals surface area contributed by atoms with Crippen LogP contribution in [0.3, 0.4) is 0 Å². The van der Waals surface area contributed by atoms with Crippen LogP contribution in [-0.4, -0.2) is 22.6 Å². The monoisotopic (exact) mass is 339 g/mol. The molecule has 7 nitrogen and oxygen atoms in total. The van der Waals surface area contributed by atoms with Crippen LogP contribution in [0, 0.1) is 0 Å². The second kappa shape index (κ2) is 7.48. The molecule has 3 rings (SSSR count). The maximum absolute atomic E-state index is 12.3. The predicted octanol–water partition coefficient (Wildman–Crippen LogP) is 1.83. The molecule has 0 radical (unpaired) electrons. The Morgan fingerprint density at radius 1 is 1.28 bits per heavy atom. The Bertz CT molecular complexity index is 916. The molecule has 0 fully saturated rings. The Morgan fingerprint density at radius 2 is 2.12 bits per heavy atom. The third-order valence-corrected chi connectivity index (χ3v) is 3.62. The van der Waals surface area contributed by atoms with Gasteiger partial charge in [-0.1, -0.05) is 12.1 Å². The van der Waals surface area contributed by atoms with E-state index < -0.39 is 0 Å². The van der Waals surface area contributed by atoms with Crippen molar-refractivity contribution < 1.29 is 13.9 Å². The lowest BCUT2D eigenvalue weighted by atomic mass is 10.1. The zero-order valence-corrected chi connectivity index (χ0v) is 13.6. The molecule has 7 heteroatoms. The SMILES string of the molecule is COc1ccccc1-c1cc(=O)n(CC(=O)NCc2ccco2)cn1. The highest BCUT2D eigenvalue weighted by molar-refractivity contribution is 5.75. The van der Waals surface area contributed by atoms with Gasteiger partial charge in [-0.25, -0.2) is 4.98 Å². The molecule has 0 unspecified atom stereocenters. The minimum absolute atomic E-state index is 0.112. The van der Waals surface area contributed by atoms with E-state index in [2.05, 4.69) is 10.3 Å². The number of nitrogens with one attached hydrogen (secondary N) is 1. The molecule has 3 aromatic rings. The molecular weight excluding hydrogens is 322 g/mol. The predicted molar refractivity (Wildman–Crippen MR) is 91.0 cm³/mol. The fraction of sp³-hybridized carbons (Fsp3) is 0.167. The van der Waals surface area contributed by atoms with E-state index >= 15 is 0 Å². The number of furan rings is 1. The molecule has 2 heterocycles. The highest BCUT2D eigenvalue weighted by Gasteiger charge is 2.10. The van der Waals surface area contributed by atoms with Crippen molar-refractivity contribution in [3.05, 3.63) is 71.2 Å². The Kier molecular flexibility index (Phi) is 4.94. The smallest absolute Gasteiger partial charge is 0.254 e. The summed E-state index contributed by atoms with van der Waals surface area (Å²) in [7, 11) is 1.56. The normalized spacial score (nSPS) is 10.4. The standard InChI is InChI=1S/C18H17N3O4/c1-24-16-7-3-2-6-14(16)15-9-18(23)21(12-20-15)11-17(22)19-10-13-5-4-8-25-13/h2-9,12H,10-11H2,1H3,(H,19,22). The molecule has 0 bridgehead atoms. The van der Waals surface area contributed by atoms with Crippen molar-refractivity contribution in [3.8, 4) is 17.0 Å². The third kappa shape index (κ3) is 3.95. The molecule has 0 aliphatic rings. The van der Waals surface area contributed by atoms with Gasteiger partial charge in [-0.2, -0.15) is 0 Å². The molecule has 128 valence electrons. The van der Waals surface area contributed by atoms with Gasteiger partial charge in [0.2, 0.25) is 5.91 Å². The summed E-state index contributed by atoms with van der Waals surface area (Å²) in [6.45, 7) is 0.159. The van der Waals surface area contributed by atoms with E-state index in [1.165, 1.54) is 23.2 Å². The van der Waals surface area contributed by atoms with Crippen molar-refractivity contribution in [2.45, 2.75) is 13.1 Å². The van der Waals surface area contributed by atoms with E-state index in [1.54, 1.807) is 25.3 Å². The first kappa shape index (κ1) is 16.5. The third-order valence-electron chi connectivity index (χ3n) is 3.62. The maximum Gasteiger partial charge on any atom is 0.254 e. The van der Waals surface area contributed by atoms with E-state index in [4.69, 9.17) is 9.15 Å². The number of hydrogen-bond acceptors (Lipinski definition) is 5. The Balaban J connectivity index is 1.71. The number of carbonyl (C=O) groups is 1. The van der Waals surface area contributed by atoms with Crippen LogP contribution >= 0.6 is 0 Å². The second-order valence-corrected chi connectivity index (χ2v) is 5.30. The number of para-hydroxylation sites is 1. The van der Waals surface area contributed by atoms with Crippen LogP contribution < -0.4 is 15.6 Å². The number of methoxy groups -OCH3 is 1. The van der Waals surface area contributed by atoms with Crippen LogP contribution in [-0.2, 0) is 17.9 Å². The molecule has 0 atom stereocenters. The number of amides is 1. The number of carbonyl (C=O) groups excluding carboxylic acids is 1. The summed E-state index contributed by atoms with van der Waals surface area (Å²) >= 11 is 0. The summed E-state index contributed by atoms with van der Waals surface area (Å²) in [5.41, 5.74) is 0.898. The minimum atomic E-state index is -0.316. The molecule has 0 saturated heterocycles. The molecule has 1 N–H and O–H groups in total. The largest absolute Gasteiger partial charge is 0.496 e. The molecule has 0 aliphatic heterocycles. The molecule has 25 heavy (non-hydrogen) atoms. The van der Waals surface area contributed by atoms with Crippen LogP contribution in [0.5, 0.6) is 5.75 Å². The Morgan fingerprint density at radius 3 is 2.84 bits per heavy atom. The highest BCUT2D eigenvalue weighted by atomic mass is 16.5. The molecule has 0 aliphatic carbocycles. The van der Waals surface area contributed by atoms with Gasteiger partial charge in [0.15, 0.2) is 0 Å². The topological polar surface area (TPSA) is 86.4 Å². The van der Waals surface area contributed by atoms with Gasteiger partial charge in [0.1, 0.15) is 18.1 Å². The van der Waals surface area contributed by atoms with Crippen molar-refractivity contribution in [1.82, 2.24) is 14.9 Å². The first-order valence-electron chi connectivity index (χ1n) is 7.66. The summed E-state index contributed by atoms with van der Waals surface area (Å²) < 4.78 is 11.7. The number of benzene rings is 1. The van der Waals surface area contributed by atoms with Crippen molar-refractivity contribution >= 4 is 5.91 Å². The second-order valence-electron chi connectivity index (χ2n) is 5.30. The Labute approximate surface area is 143 Å². The summed E-state index contributed by atoms with van der Waals surface area (Å²) in [6.07, 6.45) is 2.89. The zero-order valence-electron chi connectivity index (χ0n) is 13.6. The fourth-order valence-corrected chi connectivity index (χ4v) is 2.36. The van der Waals surface area contributed by atoms with Gasteiger partial charge in [0.05, 0.1) is 31.9 Å². The van der Waals surface area contributed by atoms with Gasteiger partial charge in [-0.15, -0.1) is 0 Å². The molecule has 1 amide bonds. The molecular formula is C18H17N3O4. The summed E-state index contributed by atoms with van der Waals surface area (Å²) in [5.74, 6) is 0.971. The van der Waals surface area contributed by atoms with Gasteiger partial charge in [-0.05, 0) is 24.3 Å². The quantitative estimate of drug-likeness (QED) is 0.740. The van der Waals surface area contributed by atoms with Gasteiger partial charge < -0.3 is 14.5 Å². The maximum atomic E-state index is 12.3. The van der Waals surface area contributed by atoms with Crippen LogP contribution in [0.4, 0.5) is 0 Å². The van der Waals surface area contributed by atoms with E-state index in [1.807, 2.05) is 18.2 Å². The van der Waals surface area contributed by atoms with E-state index in [9.17, 15) is 9.59 Å². The number of hydrogen-bond donors (Lipinski definition) is 1. The first-order valence-corrected chi connectivity index (χ1v) is 7.66. The molecule has 1 aromatic carbocycles. The molecule has 2 aromatic heterocycles. The van der Waals surface area contributed by atoms with Crippen LogP contribution in [0.2, 0.25) is 0 Å². The summed E-state index contributed by atoms with van der Waals surface area (Å²) in [5, 5.41) is 2.69. The highest BCUT2D eigenvalue weighted by Crippen LogP contribution is 2.26. The van der Waals surface area contributed by atoms with Crippen molar-refractivity contribution in [3.63, 3.8) is 0 Å². The van der Waals surface area contributed by atoms with E-state index in [0.717, 1.165) is 5.56 Å².